The number of aliphatic hydroxyl groups is 2. The van der Waals surface area contributed by atoms with Crippen LogP contribution >= 0.6 is 0 Å². The summed E-state index contributed by atoms with van der Waals surface area (Å²) in [5, 5.41) is 30.4. The smallest absolute Gasteiger partial charge is 0.251 e. The molecule has 5 N–H and O–H groups in total. The van der Waals surface area contributed by atoms with Gasteiger partial charge in [-0.2, -0.15) is 0 Å². The van der Waals surface area contributed by atoms with E-state index in [1.807, 2.05) is 79.0 Å². The Bertz CT molecular complexity index is 2290. The molecule has 1 aliphatic rings. The second kappa shape index (κ2) is 13.6. The molecular formula is C38H35N7O5. The van der Waals surface area contributed by atoms with E-state index < -0.39 is 31.1 Å². The average Bonchev–Trinajstić information content (AvgIpc) is 3.86. The summed E-state index contributed by atoms with van der Waals surface area (Å²) in [6, 6.07) is 28.4. The van der Waals surface area contributed by atoms with E-state index in [2.05, 4.69) is 36.6 Å². The van der Waals surface area contributed by atoms with Gasteiger partial charge in [-0.05, 0) is 58.7 Å². The number of fused-ring (bicyclic) bond motifs is 3. The monoisotopic (exact) mass is 669 g/mol. The summed E-state index contributed by atoms with van der Waals surface area (Å²) >= 11 is 0. The fraction of sp³-hybridized carbons (Fsp3) is 0.211. The Hall–Kier alpha value is -5.82. The lowest BCUT2D eigenvalue weighted by Crippen LogP contribution is -2.46. The number of hydrogen-bond donors (Lipinski definition) is 5. The Balaban J connectivity index is 0.978. The third-order valence-electron chi connectivity index (χ3n) is 9.17. The molecule has 0 aliphatic carbocycles. The number of carbonyl (C=O) groups is 1. The number of benzene rings is 4. The van der Waals surface area contributed by atoms with Crippen LogP contribution in [0.15, 0.2) is 110 Å². The minimum absolute atomic E-state index is 0.374. The number of nitrogens with zero attached hydrogens (tertiary/aromatic N) is 4. The minimum atomic E-state index is -1.17. The van der Waals surface area contributed by atoms with E-state index in [9.17, 15) is 15.0 Å². The van der Waals surface area contributed by atoms with Crippen LogP contribution in [0.5, 0.6) is 5.75 Å². The van der Waals surface area contributed by atoms with Gasteiger partial charge in [-0.25, -0.2) is 15.0 Å². The first kappa shape index (κ1) is 31.4. The molecule has 1 amide bonds. The molecule has 1 fully saturated rings. The zero-order valence-corrected chi connectivity index (χ0v) is 26.9. The molecule has 7 aromatic rings. The third kappa shape index (κ3) is 6.11. The number of ether oxygens (including phenoxy) is 2. The largest absolute Gasteiger partial charge is 0.489 e. The average molecular weight is 670 g/mol. The second-order valence-corrected chi connectivity index (χ2v) is 12.3. The van der Waals surface area contributed by atoms with Crippen molar-refractivity contribution in [2.75, 3.05) is 18.5 Å². The van der Waals surface area contributed by atoms with Crippen molar-refractivity contribution in [3.63, 3.8) is 0 Å². The maximum Gasteiger partial charge on any atom is 0.251 e. The standard InChI is InChI=1S/C38H35N7O5/c46-19-31-34(47)32(44-37(48)26-11-10-24-8-4-5-9-25(24)16-26)38(50-31)45-22-43-33-35(41-21-42-36(33)45)39-15-14-27-18-40-30-13-12-28(17-29(27)30)49-20-23-6-2-1-3-7-23/h1-13,16-18,21-22,31-32,34,38,40,46-47H,14-15,19-20H2,(H,44,48)(H,39,41,42)/t31-,32-,34-,38-/m1/s1. The fourth-order valence-electron chi connectivity index (χ4n) is 6.53. The number of aromatic nitrogens is 5. The van der Waals surface area contributed by atoms with Crippen molar-refractivity contribution in [2.45, 2.75) is 37.5 Å². The number of anilines is 1. The van der Waals surface area contributed by atoms with Crippen LogP contribution < -0.4 is 15.4 Å². The lowest BCUT2D eigenvalue weighted by molar-refractivity contribution is -0.0440. The summed E-state index contributed by atoms with van der Waals surface area (Å²) < 4.78 is 13.8. The zero-order chi connectivity index (χ0) is 34.0. The number of amides is 1. The van der Waals surface area contributed by atoms with Crippen LogP contribution in [-0.2, 0) is 17.8 Å². The van der Waals surface area contributed by atoms with Gasteiger partial charge in [-0.3, -0.25) is 9.36 Å². The molecule has 0 radical (unpaired) electrons. The van der Waals surface area contributed by atoms with Gasteiger partial charge in [0.15, 0.2) is 23.2 Å². The minimum Gasteiger partial charge on any atom is -0.489 e. The van der Waals surface area contributed by atoms with Gasteiger partial charge < -0.3 is 35.3 Å². The molecule has 0 unspecified atom stereocenters. The van der Waals surface area contributed by atoms with Crippen molar-refractivity contribution >= 4 is 44.6 Å². The highest BCUT2D eigenvalue weighted by Gasteiger charge is 2.46. The van der Waals surface area contributed by atoms with Gasteiger partial charge in [0.2, 0.25) is 0 Å². The molecule has 0 bridgehead atoms. The van der Waals surface area contributed by atoms with Gasteiger partial charge in [-0.1, -0.05) is 60.7 Å². The SMILES string of the molecule is O=C(N[C@@H]1[C@H](O)[C@@H](CO)O[C@H]1n1cnc2c(NCCc3c[nH]c4ccc(OCc5ccccc5)cc34)ncnc21)c1ccc2ccccc2c1. The molecule has 3 aromatic heterocycles. The fourth-order valence-corrected chi connectivity index (χ4v) is 6.53. The van der Waals surface area contributed by atoms with Crippen LogP contribution in [0, 0.1) is 0 Å². The maximum atomic E-state index is 13.4. The summed E-state index contributed by atoms with van der Waals surface area (Å²) in [7, 11) is 0. The van der Waals surface area contributed by atoms with Crippen LogP contribution in [0.2, 0.25) is 0 Å². The highest BCUT2D eigenvalue weighted by atomic mass is 16.5. The molecule has 4 heterocycles. The number of nitrogens with one attached hydrogen (secondary N) is 3. The van der Waals surface area contributed by atoms with Crippen molar-refractivity contribution in [2.24, 2.45) is 0 Å². The Morgan fingerprint density at radius 3 is 2.66 bits per heavy atom. The van der Waals surface area contributed by atoms with Gasteiger partial charge in [0, 0.05) is 29.2 Å². The van der Waals surface area contributed by atoms with Crippen LogP contribution in [0.4, 0.5) is 5.82 Å². The number of aliphatic hydroxyl groups excluding tert-OH is 2. The molecule has 50 heavy (non-hydrogen) atoms. The molecule has 4 aromatic carbocycles. The molecule has 8 rings (SSSR count). The molecule has 0 saturated carbocycles. The first-order chi connectivity index (χ1) is 24.6. The zero-order valence-electron chi connectivity index (χ0n) is 26.9. The van der Waals surface area contributed by atoms with E-state index in [0.717, 1.165) is 38.6 Å². The first-order valence-corrected chi connectivity index (χ1v) is 16.5. The molecule has 1 aliphatic heterocycles. The third-order valence-corrected chi connectivity index (χ3v) is 9.17. The van der Waals surface area contributed by atoms with Crippen molar-refractivity contribution in [3.8, 4) is 5.75 Å². The van der Waals surface area contributed by atoms with E-state index in [0.29, 0.717) is 42.1 Å². The summed E-state index contributed by atoms with van der Waals surface area (Å²) in [4.78, 5) is 30.3. The second-order valence-electron chi connectivity index (χ2n) is 12.3. The van der Waals surface area contributed by atoms with Gasteiger partial charge >= 0.3 is 0 Å². The Kier molecular flexibility index (Phi) is 8.55. The summed E-state index contributed by atoms with van der Waals surface area (Å²) in [5.41, 5.74) is 4.66. The van der Waals surface area contributed by atoms with E-state index in [1.165, 1.54) is 6.33 Å². The van der Waals surface area contributed by atoms with Crippen LogP contribution in [0.25, 0.3) is 32.8 Å². The normalized spacial score (nSPS) is 18.9. The van der Waals surface area contributed by atoms with Gasteiger partial charge in [-0.15, -0.1) is 0 Å². The first-order valence-electron chi connectivity index (χ1n) is 16.5. The predicted octanol–water partition coefficient (Wildman–Crippen LogP) is 4.74. The molecule has 0 spiro atoms. The lowest BCUT2D eigenvalue weighted by atomic mass is 10.0. The van der Waals surface area contributed by atoms with Gasteiger partial charge in [0.05, 0.1) is 12.9 Å². The number of H-pyrrole nitrogens is 1. The molecule has 1 saturated heterocycles. The van der Waals surface area contributed by atoms with E-state index >= 15 is 0 Å². The topological polar surface area (TPSA) is 159 Å². The Morgan fingerprint density at radius 1 is 0.960 bits per heavy atom. The van der Waals surface area contributed by atoms with Crippen LogP contribution in [0.3, 0.4) is 0 Å². The summed E-state index contributed by atoms with van der Waals surface area (Å²) in [6.07, 6.45) is 2.71. The predicted molar refractivity (Wildman–Crippen MR) is 189 cm³/mol. The number of aromatic amines is 1. The van der Waals surface area contributed by atoms with Crippen molar-refractivity contribution in [1.29, 1.82) is 0 Å². The summed E-state index contributed by atoms with van der Waals surface area (Å²) in [6.45, 7) is 0.632. The van der Waals surface area contributed by atoms with Crippen molar-refractivity contribution < 1.29 is 24.5 Å². The van der Waals surface area contributed by atoms with E-state index in [4.69, 9.17) is 9.47 Å². The number of hydrogen-bond acceptors (Lipinski definition) is 9. The maximum absolute atomic E-state index is 13.4. The quantitative estimate of drug-likeness (QED) is 0.131. The number of imidazole rings is 1. The van der Waals surface area contributed by atoms with Crippen LogP contribution in [-0.4, -0.2) is 72.0 Å². The molecule has 12 heteroatoms. The van der Waals surface area contributed by atoms with E-state index in [1.54, 1.807) is 23.0 Å². The van der Waals surface area contributed by atoms with Gasteiger partial charge in [0.25, 0.3) is 5.91 Å². The van der Waals surface area contributed by atoms with Crippen molar-refractivity contribution in [1.82, 2.24) is 29.8 Å². The Morgan fingerprint density at radius 2 is 1.80 bits per heavy atom. The number of carbonyl (C=O) groups excluding carboxylic acids is 1. The van der Waals surface area contributed by atoms with Gasteiger partial charge in [0.1, 0.15) is 36.9 Å². The Labute approximate surface area is 286 Å². The van der Waals surface area contributed by atoms with Crippen LogP contribution in [0.1, 0.15) is 27.7 Å². The lowest BCUT2D eigenvalue weighted by Gasteiger charge is -2.23. The molecule has 4 atom stereocenters. The van der Waals surface area contributed by atoms with E-state index in [-0.39, 0.29) is 5.91 Å². The summed E-state index contributed by atoms with van der Waals surface area (Å²) in [5.74, 6) is 0.961. The van der Waals surface area contributed by atoms with Crippen molar-refractivity contribution in [3.05, 3.63) is 127 Å². The highest BCUT2D eigenvalue weighted by molar-refractivity contribution is 5.98. The highest BCUT2D eigenvalue weighted by Crippen LogP contribution is 2.33. The molecule has 12 nitrogen and oxygen atoms in total. The molecule has 252 valence electrons. The molecular weight excluding hydrogens is 634 g/mol. The number of rotatable bonds is 11.